The van der Waals surface area contributed by atoms with Crippen LogP contribution in [0.25, 0.3) is 0 Å². The van der Waals surface area contributed by atoms with E-state index in [2.05, 4.69) is 6.07 Å². The van der Waals surface area contributed by atoms with Crippen LogP contribution in [0, 0.1) is 37.0 Å². The number of methoxy groups -OCH3 is 1. The number of nitro benzene ring substituents is 2. The SMILES string of the molecule is COC(=O)C1(C#N)[C@H](c2ccc([N+](=O)[O-])cc2)CC(=O)C[C@H]1c1ccc([N+](=O)[O-])cc1. The van der Waals surface area contributed by atoms with Gasteiger partial charge < -0.3 is 4.74 Å². The van der Waals surface area contributed by atoms with Crippen molar-refractivity contribution in [2.45, 2.75) is 24.7 Å². The zero-order valence-electron chi connectivity index (χ0n) is 16.4. The molecule has 158 valence electrons. The summed E-state index contributed by atoms with van der Waals surface area (Å²) in [5, 5.41) is 32.1. The maximum Gasteiger partial charge on any atom is 0.327 e. The Balaban J connectivity index is 2.16. The molecule has 3 rings (SSSR count). The summed E-state index contributed by atoms with van der Waals surface area (Å²) < 4.78 is 4.96. The number of nitrogens with zero attached hydrogens (tertiary/aromatic N) is 3. The van der Waals surface area contributed by atoms with Crippen LogP contribution in [0.4, 0.5) is 11.4 Å². The van der Waals surface area contributed by atoms with Crippen molar-refractivity contribution in [2.24, 2.45) is 5.41 Å². The van der Waals surface area contributed by atoms with Gasteiger partial charge in [-0.25, -0.2) is 0 Å². The maximum absolute atomic E-state index is 13.0. The molecular weight excluding hydrogens is 406 g/mol. The molecule has 2 aromatic rings. The third kappa shape index (κ3) is 3.73. The van der Waals surface area contributed by atoms with E-state index in [0.717, 1.165) is 7.11 Å². The van der Waals surface area contributed by atoms with E-state index < -0.39 is 33.1 Å². The summed E-state index contributed by atoms with van der Waals surface area (Å²) in [7, 11) is 1.14. The van der Waals surface area contributed by atoms with Crippen molar-refractivity contribution < 1.29 is 24.2 Å². The molecule has 10 heteroatoms. The van der Waals surface area contributed by atoms with Gasteiger partial charge in [-0.2, -0.15) is 5.26 Å². The summed E-state index contributed by atoms with van der Waals surface area (Å²) in [5.41, 5.74) is -1.30. The van der Waals surface area contributed by atoms with Crippen LogP contribution in [0.1, 0.15) is 35.8 Å². The van der Waals surface area contributed by atoms with Crippen LogP contribution in [0.2, 0.25) is 0 Å². The lowest BCUT2D eigenvalue weighted by Crippen LogP contribution is -2.47. The van der Waals surface area contributed by atoms with Gasteiger partial charge in [0.05, 0.1) is 23.0 Å². The Kier molecular flexibility index (Phi) is 5.79. The van der Waals surface area contributed by atoms with Crippen LogP contribution in [0.3, 0.4) is 0 Å². The van der Waals surface area contributed by atoms with E-state index in [1.54, 1.807) is 0 Å². The maximum atomic E-state index is 13.0. The van der Waals surface area contributed by atoms with Gasteiger partial charge in [0.25, 0.3) is 11.4 Å². The Labute approximate surface area is 176 Å². The van der Waals surface area contributed by atoms with Crippen molar-refractivity contribution >= 4 is 23.1 Å². The van der Waals surface area contributed by atoms with Gasteiger partial charge in [-0.3, -0.25) is 29.8 Å². The predicted octanol–water partition coefficient (Wildman–Crippen LogP) is 3.42. The quantitative estimate of drug-likeness (QED) is 0.403. The molecule has 0 aromatic heterocycles. The zero-order chi connectivity index (χ0) is 22.8. The largest absolute Gasteiger partial charge is 0.468 e. The highest BCUT2D eigenvalue weighted by Gasteiger charge is 2.58. The van der Waals surface area contributed by atoms with Crippen molar-refractivity contribution in [1.29, 1.82) is 5.26 Å². The summed E-state index contributed by atoms with van der Waals surface area (Å²) in [6.07, 6.45) is -0.242. The van der Waals surface area contributed by atoms with Gasteiger partial charge in [-0.05, 0) is 11.1 Å². The number of benzene rings is 2. The molecule has 0 spiro atoms. The first-order valence-corrected chi connectivity index (χ1v) is 9.24. The lowest BCUT2D eigenvalue weighted by Gasteiger charge is -2.42. The number of carbonyl (C=O) groups excluding carboxylic acids is 2. The molecule has 0 heterocycles. The minimum Gasteiger partial charge on any atom is -0.468 e. The average molecular weight is 423 g/mol. The number of non-ortho nitro benzene ring substituents is 2. The van der Waals surface area contributed by atoms with Crippen LogP contribution in [-0.2, 0) is 14.3 Å². The molecule has 0 saturated heterocycles. The van der Waals surface area contributed by atoms with Gasteiger partial charge >= 0.3 is 5.97 Å². The molecule has 0 bridgehead atoms. The lowest BCUT2D eigenvalue weighted by atomic mass is 9.56. The summed E-state index contributed by atoms with van der Waals surface area (Å²) >= 11 is 0. The van der Waals surface area contributed by atoms with Crippen molar-refractivity contribution in [3.63, 3.8) is 0 Å². The summed E-state index contributed by atoms with van der Waals surface area (Å²) in [5.74, 6) is -2.87. The molecule has 0 unspecified atom stereocenters. The van der Waals surface area contributed by atoms with Crippen LogP contribution >= 0.6 is 0 Å². The van der Waals surface area contributed by atoms with E-state index in [1.165, 1.54) is 48.5 Å². The standard InChI is InChI=1S/C21H17N3O7/c1-31-20(26)21(12-22)18(13-2-6-15(7-3-13)23(27)28)10-17(25)11-19(21)14-4-8-16(9-5-14)24(29)30/h2-9,18-19H,10-11H2,1H3/t18-,19-/m0/s1. The number of ketones is 1. The fourth-order valence-corrected chi connectivity index (χ4v) is 4.18. The second-order valence-electron chi connectivity index (χ2n) is 7.22. The van der Waals surface area contributed by atoms with E-state index >= 15 is 0 Å². The second-order valence-corrected chi connectivity index (χ2v) is 7.22. The van der Waals surface area contributed by atoms with E-state index in [9.17, 15) is 35.1 Å². The Bertz CT molecular complexity index is 1020. The van der Waals surface area contributed by atoms with Crippen molar-refractivity contribution in [3.8, 4) is 6.07 Å². The number of nitriles is 1. The average Bonchev–Trinajstić information content (AvgIpc) is 2.78. The normalized spacial score (nSPS) is 19.8. The van der Waals surface area contributed by atoms with Gasteiger partial charge in [0.1, 0.15) is 5.78 Å². The molecule has 1 saturated carbocycles. The van der Waals surface area contributed by atoms with E-state index in [1.807, 2.05) is 0 Å². The van der Waals surface area contributed by atoms with Gasteiger partial charge in [-0.1, -0.05) is 24.3 Å². The van der Waals surface area contributed by atoms with Crippen LogP contribution in [0.15, 0.2) is 48.5 Å². The number of rotatable bonds is 5. The number of hydrogen-bond acceptors (Lipinski definition) is 8. The molecule has 0 N–H and O–H groups in total. The number of esters is 1. The third-order valence-electron chi connectivity index (χ3n) is 5.68. The molecule has 0 radical (unpaired) electrons. The topological polar surface area (TPSA) is 153 Å². The first-order chi connectivity index (χ1) is 14.7. The van der Waals surface area contributed by atoms with Crippen molar-refractivity contribution in [2.75, 3.05) is 7.11 Å². The Morgan fingerprint density at radius 3 is 1.65 bits per heavy atom. The highest BCUT2D eigenvalue weighted by Crippen LogP contribution is 2.54. The molecule has 1 aliphatic carbocycles. The Morgan fingerprint density at radius 2 is 1.35 bits per heavy atom. The fourth-order valence-electron chi connectivity index (χ4n) is 4.18. The molecule has 10 nitrogen and oxygen atoms in total. The van der Waals surface area contributed by atoms with E-state index in [-0.39, 0.29) is 30.0 Å². The zero-order valence-corrected chi connectivity index (χ0v) is 16.4. The fraction of sp³-hybridized carbons (Fsp3) is 0.286. The molecule has 31 heavy (non-hydrogen) atoms. The van der Waals surface area contributed by atoms with Crippen LogP contribution < -0.4 is 0 Å². The molecule has 1 fully saturated rings. The van der Waals surface area contributed by atoms with Crippen molar-refractivity contribution in [3.05, 3.63) is 79.9 Å². The highest BCUT2D eigenvalue weighted by molar-refractivity contribution is 5.90. The Morgan fingerprint density at radius 1 is 0.968 bits per heavy atom. The van der Waals surface area contributed by atoms with Gasteiger partial charge in [0.15, 0.2) is 5.41 Å². The van der Waals surface area contributed by atoms with Crippen LogP contribution in [-0.4, -0.2) is 28.7 Å². The monoisotopic (exact) mass is 423 g/mol. The first kappa shape index (κ1) is 21.6. The molecule has 2 atom stereocenters. The third-order valence-corrected chi connectivity index (χ3v) is 5.68. The second kappa shape index (κ2) is 8.31. The van der Waals surface area contributed by atoms with Gasteiger partial charge in [0, 0.05) is 48.9 Å². The number of carbonyl (C=O) groups is 2. The lowest BCUT2D eigenvalue weighted by molar-refractivity contribution is -0.385. The van der Waals surface area contributed by atoms with Gasteiger partial charge in [-0.15, -0.1) is 0 Å². The highest BCUT2D eigenvalue weighted by atomic mass is 16.6. The minimum atomic E-state index is -1.80. The number of hydrogen-bond donors (Lipinski definition) is 0. The summed E-state index contributed by atoms with van der Waals surface area (Å²) in [6.45, 7) is 0. The molecule has 0 amide bonds. The van der Waals surface area contributed by atoms with E-state index in [4.69, 9.17) is 4.74 Å². The van der Waals surface area contributed by atoms with Crippen molar-refractivity contribution in [1.82, 2.24) is 0 Å². The predicted molar refractivity (Wildman–Crippen MR) is 106 cm³/mol. The molecule has 2 aromatic carbocycles. The summed E-state index contributed by atoms with van der Waals surface area (Å²) in [4.78, 5) is 46.4. The first-order valence-electron chi connectivity index (χ1n) is 9.24. The molecule has 1 aliphatic rings. The minimum absolute atomic E-state index is 0.121. The summed E-state index contributed by atoms with van der Waals surface area (Å²) in [6, 6.07) is 12.7. The molecule has 0 aliphatic heterocycles. The van der Waals surface area contributed by atoms with Crippen LogP contribution in [0.5, 0.6) is 0 Å². The van der Waals surface area contributed by atoms with Gasteiger partial charge in [0.2, 0.25) is 0 Å². The number of ether oxygens (including phenoxy) is 1. The number of Topliss-reactive ketones (excluding diaryl/α,β-unsaturated/α-hetero) is 1. The molecular formula is C21H17N3O7. The Hall–Kier alpha value is -4.13. The smallest absolute Gasteiger partial charge is 0.327 e. The number of nitro groups is 2. The van der Waals surface area contributed by atoms with E-state index in [0.29, 0.717) is 11.1 Å².